The number of aromatic nitrogens is 2. The molecule has 0 unspecified atom stereocenters. The molecule has 0 fully saturated rings. The Morgan fingerprint density at radius 2 is 2.19 bits per heavy atom. The van der Waals surface area contributed by atoms with Crippen LogP contribution >= 0.6 is 0 Å². The van der Waals surface area contributed by atoms with E-state index in [1.165, 1.54) is 12.4 Å². The van der Waals surface area contributed by atoms with Crippen LogP contribution < -0.4 is 10.1 Å². The number of hydrogen-bond donors (Lipinski definition) is 1. The Labute approximate surface area is 94.0 Å². The molecule has 0 saturated carbocycles. The van der Waals surface area contributed by atoms with Crippen LogP contribution in [0, 0.1) is 0 Å². The van der Waals surface area contributed by atoms with E-state index in [1.54, 1.807) is 6.92 Å². The summed E-state index contributed by atoms with van der Waals surface area (Å²) >= 11 is 0. The van der Waals surface area contributed by atoms with Crippen molar-refractivity contribution in [1.29, 1.82) is 0 Å². The Kier molecular flexibility index (Phi) is 5.04. The number of carbonyl (C=O) groups excluding carboxylic acids is 1. The summed E-state index contributed by atoms with van der Waals surface area (Å²) in [6.07, 6.45) is 3.03. The van der Waals surface area contributed by atoms with Crippen molar-refractivity contribution < 1.29 is 14.3 Å². The van der Waals surface area contributed by atoms with E-state index in [4.69, 9.17) is 9.47 Å². The van der Waals surface area contributed by atoms with Crippen molar-refractivity contribution >= 4 is 11.8 Å². The summed E-state index contributed by atoms with van der Waals surface area (Å²) in [4.78, 5) is 19.1. The van der Waals surface area contributed by atoms with Crippen molar-refractivity contribution in [3.63, 3.8) is 0 Å². The van der Waals surface area contributed by atoms with Gasteiger partial charge in [-0.3, -0.25) is 9.78 Å². The standard InChI is InChI=1S/C10H15N3O3/c1-3-15-9-6-11-5-8(13-9)12-7-10(14)16-4-2/h5-6H,3-4,7H2,1-2H3,(H,12,13). The first-order valence-corrected chi connectivity index (χ1v) is 5.10. The van der Waals surface area contributed by atoms with Crippen LogP contribution in [0.2, 0.25) is 0 Å². The van der Waals surface area contributed by atoms with Gasteiger partial charge >= 0.3 is 5.97 Å². The smallest absolute Gasteiger partial charge is 0.325 e. The van der Waals surface area contributed by atoms with Crippen LogP contribution in [0.4, 0.5) is 5.82 Å². The van der Waals surface area contributed by atoms with Crippen molar-refractivity contribution in [2.45, 2.75) is 13.8 Å². The zero-order valence-electron chi connectivity index (χ0n) is 9.40. The minimum Gasteiger partial charge on any atom is -0.477 e. The van der Waals surface area contributed by atoms with Crippen LogP contribution in [0.5, 0.6) is 5.88 Å². The highest BCUT2D eigenvalue weighted by Gasteiger charge is 2.03. The van der Waals surface area contributed by atoms with Gasteiger partial charge in [-0.2, -0.15) is 4.98 Å². The molecular formula is C10H15N3O3. The molecule has 88 valence electrons. The highest BCUT2D eigenvalue weighted by molar-refractivity contribution is 5.74. The predicted octanol–water partition coefficient (Wildman–Crippen LogP) is 0.850. The molecule has 0 atom stereocenters. The van der Waals surface area contributed by atoms with Crippen LogP contribution in [-0.2, 0) is 9.53 Å². The SMILES string of the molecule is CCOC(=O)CNc1cncc(OCC)n1. The van der Waals surface area contributed by atoms with E-state index in [9.17, 15) is 4.79 Å². The third-order valence-corrected chi connectivity index (χ3v) is 1.62. The van der Waals surface area contributed by atoms with Crippen LogP contribution in [0.15, 0.2) is 12.4 Å². The van der Waals surface area contributed by atoms with Crippen molar-refractivity contribution in [3.05, 3.63) is 12.4 Å². The first-order chi connectivity index (χ1) is 7.76. The fraction of sp³-hybridized carbons (Fsp3) is 0.500. The third-order valence-electron chi connectivity index (χ3n) is 1.62. The van der Waals surface area contributed by atoms with Crippen molar-refractivity contribution in [2.24, 2.45) is 0 Å². The first-order valence-electron chi connectivity index (χ1n) is 5.10. The molecule has 0 aromatic carbocycles. The average Bonchev–Trinajstić information content (AvgIpc) is 2.28. The van der Waals surface area contributed by atoms with Gasteiger partial charge in [0.05, 0.1) is 25.6 Å². The van der Waals surface area contributed by atoms with E-state index >= 15 is 0 Å². The molecule has 0 saturated heterocycles. The molecule has 0 aliphatic rings. The summed E-state index contributed by atoms with van der Waals surface area (Å²) in [6.45, 7) is 4.58. The van der Waals surface area contributed by atoms with Crippen molar-refractivity contribution in [2.75, 3.05) is 25.1 Å². The molecule has 1 heterocycles. The molecule has 16 heavy (non-hydrogen) atoms. The summed E-state index contributed by atoms with van der Waals surface area (Å²) in [7, 11) is 0. The summed E-state index contributed by atoms with van der Waals surface area (Å²) in [5.41, 5.74) is 0. The minimum atomic E-state index is -0.328. The lowest BCUT2D eigenvalue weighted by Crippen LogP contribution is -2.17. The molecule has 0 amide bonds. The van der Waals surface area contributed by atoms with Gasteiger partial charge in [0, 0.05) is 0 Å². The van der Waals surface area contributed by atoms with Crippen molar-refractivity contribution in [1.82, 2.24) is 9.97 Å². The zero-order chi connectivity index (χ0) is 11.8. The summed E-state index contributed by atoms with van der Waals surface area (Å²) < 4.78 is 9.93. The Hall–Kier alpha value is -1.85. The molecular weight excluding hydrogens is 210 g/mol. The van der Waals surface area contributed by atoms with Gasteiger partial charge in [-0.25, -0.2) is 0 Å². The lowest BCUT2D eigenvalue weighted by Gasteiger charge is -2.06. The highest BCUT2D eigenvalue weighted by atomic mass is 16.5. The molecule has 1 aromatic heterocycles. The molecule has 1 N–H and O–H groups in total. The molecule has 0 aliphatic heterocycles. The van der Waals surface area contributed by atoms with Crippen LogP contribution in [0.1, 0.15) is 13.8 Å². The number of rotatable bonds is 6. The topological polar surface area (TPSA) is 73.3 Å². The number of nitrogens with zero attached hydrogens (tertiary/aromatic N) is 2. The molecule has 0 bridgehead atoms. The quantitative estimate of drug-likeness (QED) is 0.723. The molecule has 6 nitrogen and oxygen atoms in total. The predicted molar refractivity (Wildman–Crippen MR) is 58.3 cm³/mol. The normalized spacial score (nSPS) is 9.62. The second-order valence-corrected chi connectivity index (χ2v) is 2.83. The largest absolute Gasteiger partial charge is 0.477 e. The highest BCUT2D eigenvalue weighted by Crippen LogP contribution is 2.08. The number of hydrogen-bond acceptors (Lipinski definition) is 6. The van der Waals surface area contributed by atoms with E-state index in [1.807, 2.05) is 6.92 Å². The van der Waals surface area contributed by atoms with E-state index < -0.39 is 0 Å². The first kappa shape index (κ1) is 12.2. The zero-order valence-corrected chi connectivity index (χ0v) is 9.40. The number of nitrogens with one attached hydrogen (secondary N) is 1. The van der Waals surface area contributed by atoms with Crippen LogP contribution in [-0.4, -0.2) is 35.7 Å². The van der Waals surface area contributed by atoms with Crippen LogP contribution in [0.25, 0.3) is 0 Å². The van der Waals surface area contributed by atoms with Gasteiger partial charge in [-0.1, -0.05) is 0 Å². The maximum absolute atomic E-state index is 11.1. The van der Waals surface area contributed by atoms with E-state index in [0.29, 0.717) is 24.9 Å². The van der Waals surface area contributed by atoms with Gasteiger partial charge in [0.1, 0.15) is 12.4 Å². The fourth-order valence-electron chi connectivity index (χ4n) is 1.03. The van der Waals surface area contributed by atoms with Gasteiger partial charge in [0.15, 0.2) is 0 Å². The Morgan fingerprint density at radius 1 is 1.38 bits per heavy atom. The van der Waals surface area contributed by atoms with E-state index in [0.717, 1.165) is 0 Å². The van der Waals surface area contributed by atoms with Gasteiger partial charge in [0.25, 0.3) is 0 Å². The van der Waals surface area contributed by atoms with Crippen LogP contribution in [0.3, 0.4) is 0 Å². The Morgan fingerprint density at radius 3 is 2.88 bits per heavy atom. The second kappa shape index (κ2) is 6.60. The fourth-order valence-corrected chi connectivity index (χ4v) is 1.03. The van der Waals surface area contributed by atoms with Gasteiger partial charge < -0.3 is 14.8 Å². The lowest BCUT2D eigenvalue weighted by atomic mass is 10.5. The van der Waals surface area contributed by atoms with E-state index in [2.05, 4.69) is 15.3 Å². The number of esters is 1. The van der Waals surface area contributed by atoms with Gasteiger partial charge in [0.2, 0.25) is 5.88 Å². The molecule has 1 rings (SSSR count). The molecule has 0 aliphatic carbocycles. The minimum absolute atomic E-state index is 0.0676. The lowest BCUT2D eigenvalue weighted by molar-refractivity contribution is -0.140. The van der Waals surface area contributed by atoms with Gasteiger partial charge in [-0.15, -0.1) is 0 Å². The molecule has 6 heteroatoms. The van der Waals surface area contributed by atoms with E-state index in [-0.39, 0.29) is 12.5 Å². The van der Waals surface area contributed by atoms with Gasteiger partial charge in [-0.05, 0) is 13.8 Å². The number of carbonyl (C=O) groups is 1. The monoisotopic (exact) mass is 225 g/mol. The summed E-state index contributed by atoms with van der Waals surface area (Å²) in [6, 6.07) is 0. The second-order valence-electron chi connectivity index (χ2n) is 2.83. The number of anilines is 1. The molecule has 1 aromatic rings. The Balaban J connectivity index is 2.47. The average molecular weight is 225 g/mol. The Bertz CT molecular complexity index is 344. The maximum Gasteiger partial charge on any atom is 0.325 e. The third kappa shape index (κ3) is 4.12. The molecule has 0 radical (unpaired) electrons. The van der Waals surface area contributed by atoms with Crippen molar-refractivity contribution in [3.8, 4) is 5.88 Å². The molecule has 0 spiro atoms. The summed E-state index contributed by atoms with van der Waals surface area (Å²) in [5.74, 6) is 0.585. The summed E-state index contributed by atoms with van der Waals surface area (Å²) in [5, 5.41) is 2.80. The maximum atomic E-state index is 11.1. The number of ether oxygens (including phenoxy) is 2.